The standard InChI is InChI=1S/C18H23N5O2/c1-12-7-15(3-4-16(12)17(19)24)21-18(25)23-6-5-13(11-23)8-14-9-20-22(2)10-14/h3-4,7,9-10,13H,5-6,8,11H2,1-2H3,(H2,19,24)(H,21,25). The highest BCUT2D eigenvalue weighted by Crippen LogP contribution is 2.22. The number of benzene rings is 1. The number of primary amides is 1. The van der Waals surface area contributed by atoms with Gasteiger partial charge in [0.05, 0.1) is 6.20 Å². The number of amides is 3. The lowest BCUT2D eigenvalue weighted by molar-refractivity contribution is 0.0999. The van der Waals surface area contributed by atoms with Gasteiger partial charge in [-0.3, -0.25) is 9.48 Å². The summed E-state index contributed by atoms with van der Waals surface area (Å²) in [6, 6.07) is 5.00. The van der Waals surface area contributed by atoms with E-state index in [1.165, 1.54) is 5.56 Å². The van der Waals surface area contributed by atoms with Crippen LogP contribution < -0.4 is 11.1 Å². The normalized spacial score (nSPS) is 16.9. The summed E-state index contributed by atoms with van der Waals surface area (Å²) in [7, 11) is 1.91. The van der Waals surface area contributed by atoms with Crippen LogP contribution in [0.25, 0.3) is 0 Å². The van der Waals surface area contributed by atoms with Gasteiger partial charge in [0.15, 0.2) is 0 Å². The first-order valence-electron chi connectivity index (χ1n) is 8.36. The SMILES string of the molecule is Cc1cc(NC(=O)N2CCC(Cc3cnn(C)c3)C2)ccc1C(N)=O. The van der Waals surface area contributed by atoms with Crippen molar-refractivity contribution >= 4 is 17.6 Å². The van der Waals surface area contributed by atoms with Crippen molar-refractivity contribution in [2.45, 2.75) is 19.8 Å². The maximum Gasteiger partial charge on any atom is 0.321 e. The maximum atomic E-state index is 12.5. The molecule has 132 valence electrons. The molecule has 2 heterocycles. The monoisotopic (exact) mass is 341 g/mol. The number of nitrogens with two attached hydrogens (primary N) is 1. The van der Waals surface area contributed by atoms with Crippen molar-refractivity contribution in [2.75, 3.05) is 18.4 Å². The largest absolute Gasteiger partial charge is 0.366 e. The minimum atomic E-state index is -0.465. The van der Waals surface area contributed by atoms with Gasteiger partial charge < -0.3 is 16.0 Å². The van der Waals surface area contributed by atoms with Crippen LogP contribution in [0.3, 0.4) is 0 Å². The first-order valence-corrected chi connectivity index (χ1v) is 8.36. The van der Waals surface area contributed by atoms with Gasteiger partial charge in [0.1, 0.15) is 0 Å². The molecular weight excluding hydrogens is 318 g/mol. The number of likely N-dealkylation sites (tertiary alicyclic amines) is 1. The number of aromatic nitrogens is 2. The molecule has 1 unspecified atom stereocenters. The highest BCUT2D eigenvalue weighted by atomic mass is 16.2. The van der Waals surface area contributed by atoms with Gasteiger partial charge in [0, 0.05) is 37.6 Å². The molecule has 0 bridgehead atoms. The van der Waals surface area contributed by atoms with Crippen LogP contribution in [0.2, 0.25) is 0 Å². The average Bonchev–Trinajstić information content (AvgIpc) is 3.16. The fourth-order valence-corrected chi connectivity index (χ4v) is 3.31. The zero-order valence-electron chi connectivity index (χ0n) is 14.5. The number of rotatable bonds is 4. The van der Waals surface area contributed by atoms with E-state index in [1.54, 1.807) is 29.8 Å². The summed E-state index contributed by atoms with van der Waals surface area (Å²) in [5, 5.41) is 7.08. The van der Waals surface area contributed by atoms with E-state index in [1.807, 2.05) is 24.3 Å². The van der Waals surface area contributed by atoms with E-state index in [2.05, 4.69) is 10.4 Å². The Morgan fingerprint density at radius 1 is 1.40 bits per heavy atom. The number of carbonyl (C=O) groups excluding carboxylic acids is 2. The van der Waals surface area contributed by atoms with E-state index >= 15 is 0 Å². The van der Waals surface area contributed by atoms with Crippen LogP contribution in [0.4, 0.5) is 10.5 Å². The molecule has 25 heavy (non-hydrogen) atoms. The minimum Gasteiger partial charge on any atom is -0.366 e. The summed E-state index contributed by atoms with van der Waals surface area (Å²) in [4.78, 5) is 25.6. The van der Waals surface area contributed by atoms with Gasteiger partial charge in [0.25, 0.3) is 0 Å². The van der Waals surface area contributed by atoms with E-state index in [0.717, 1.165) is 31.5 Å². The molecule has 0 radical (unpaired) electrons. The Labute approximate surface area is 146 Å². The third kappa shape index (κ3) is 3.99. The molecule has 1 fully saturated rings. The second-order valence-electron chi connectivity index (χ2n) is 6.65. The highest BCUT2D eigenvalue weighted by molar-refractivity contribution is 5.96. The van der Waals surface area contributed by atoms with Crippen LogP contribution in [0.15, 0.2) is 30.6 Å². The Bertz CT molecular complexity index is 799. The van der Waals surface area contributed by atoms with E-state index in [9.17, 15) is 9.59 Å². The van der Waals surface area contributed by atoms with Crippen molar-refractivity contribution in [3.05, 3.63) is 47.3 Å². The Hall–Kier alpha value is -2.83. The molecule has 2 aromatic rings. The summed E-state index contributed by atoms with van der Waals surface area (Å²) in [5.74, 6) is -0.0120. The van der Waals surface area contributed by atoms with Gasteiger partial charge in [-0.2, -0.15) is 5.10 Å². The van der Waals surface area contributed by atoms with Gasteiger partial charge in [0.2, 0.25) is 5.91 Å². The number of anilines is 1. The lowest BCUT2D eigenvalue weighted by Crippen LogP contribution is -2.33. The molecular formula is C18H23N5O2. The molecule has 3 rings (SSSR count). The number of nitrogens with one attached hydrogen (secondary N) is 1. The van der Waals surface area contributed by atoms with E-state index < -0.39 is 5.91 Å². The Kier molecular flexibility index (Phi) is 4.74. The van der Waals surface area contributed by atoms with Crippen LogP contribution in [0.1, 0.15) is 27.9 Å². The Balaban J connectivity index is 1.57. The summed E-state index contributed by atoms with van der Waals surface area (Å²) < 4.78 is 1.80. The van der Waals surface area contributed by atoms with Gasteiger partial charge in [-0.05, 0) is 55.0 Å². The number of carbonyl (C=O) groups is 2. The molecule has 7 nitrogen and oxygen atoms in total. The average molecular weight is 341 g/mol. The van der Waals surface area contributed by atoms with Crippen LogP contribution in [0.5, 0.6) is 0 Å². The predicted molar refractivity (Wildman–Crippen MR) is 95.3 cm³/mol. The van der Waals surface area contributed by atoms with Crippen LogP contribution in [-0.4, -0.2) is 39.7 Å². The topological polar surface area (TPSA) is 93.2 Å². The minimum absolute atomic E-state index is 0.111. The van der Waals surface area contributed by atoms with Crippen molar-refractivity contribution in [3.8, 4) is 0 Å². The fourth-order valence-electron chi connectivity index (χ4n) is 3.31. The zero-order chi connectivity index (χ0) is 18.0. The quantitative estimate of drug-likeness (QED) is 0.890. The summed E-state index contributed by atoms with van der Waals surface area (Å²) in [6.07, 6.45) is 5.82. The number of urea groups is 1. The smallest absolute Gasteiger partial charge is 0.321 e. The van der Waals surface area contributed by atoms with Gasteiger partial charge in [-0.25, -0.2) is 4.79 Å². The lowest BCUT2D eigenvalue weighted by Gasteiger charge is -2.18. The third-order valence-electron chi connectivity index (χ3n) is 4.60. The predicted octanol–water partition coefficient (Wildman–Crippen LogP) is 1.92. The fraction of sp³-hybridized carbons (Fsp3) is 0.389. The molecule has 1 aliphatic heterocycles. The number of hydrogen-bond donors (Lipinski definition) is 2. The number of hydrogen-bond acceptors (Lipinski definition) is 3. The second kappa shape index (κ2) is 6.96. The first-order chi connectivity index (χ1) is 11.9. The first kappa shape index (κ1) is 17.0. The summed E-state index contributed by atoms with van der Waals surface area (Å²) in [5.41, 5.74) is 8.40. The third-order valence-corrected chi connectivity index (χ3v) is 4.60. The van der Waals surface area contributed by atoms with Crippen molar-refractivity contribution in [1.29, 1.82) is 0 Å². The Morgan fingerprint density at radius 3 is 2.84 bits per heavy atom. The molecule has 1 aliphatic rings. The molecule has 3 amide bonds. The van der Waals surface area contributed by atoms with Crippen LogP contribution in [0, 0.1) is 12.8 Å². The molecule has 0 aliphatic carbocycles. The van der Waals surface area contributed by atoms with Crippen molar-refractivity contribution in [3.63, 3.8) is 0 Å². The summed E-state index contributed by atoms with van der Waals surface area (Å²) >= 11 is 0. The molecule has 0 spiro atoms. The number of nitrogens with zero attached hydrogens (tertiary/aromatic N) is 3. The summed E-state index contributed by atoms with van der Waals surface area (Å²) in [6.45, 7) is 3.28. The van der Waals surface area contributed by atoms with Crippen molar-refractivity contribution < 1.29 is 9.59 Å². The molecule has 1 aromatic carbocycles. The maximum absolute atomic E-state index is 12.5. The molecule has 7 heteroatoms. The van der Waals surface area contributed by atoms with Crippen LogP contribution in [-0.2, 0) is 13.5 Å². The molecule has 0 saturated carbocycles. The second-order valence-corrected chi connectivity index (χ2v) is 6.65. The zero-order valence-corrected chi connectivity index (χ0v) is 14.5. The highest BCUT2D eigenvalue weighted by Gasteiger charge is 2.26. The molecule has 1 saturated heterocycles. The van der Waals surface area contributed by atoms with Gasteiger partial charge >= 0.3 is 6.03 Å². The van der Waals surface area contributed by atoms with Gasteiger partial charge in [-0.15, -0.1) is 0 Å². The van der Waals surface area contributed by atoms with Crippen molar-refractivity contribution in [2.24, 2.45) is 18.7 Å². The Morgan fingerprint density at radius 2 is 2.20 bits per heavy atom. The van der Waals surface area contributed by atoms with Gasteiger partial charge in [-0.1, -0.05) is 0 Å². The lowest BCUT2D eigenvalue weighted by atomic mass is 10.0. The van der Waals surface area contributed by atoms with E-state index in [-0.39, 0.29) is 6.03 Å². The number of aryl methyl sites for hydroxylation is 2. The van der Waals surface area contributed by atoms with Crippen molar-refractivity contribution in [1.82, 2.24) is 14.7 Å². The van der Waals surface area contributed by atoms with Crippen LogP contribution >= 0.6 is 0 Å². The molecule has 3 N–H and O–H groups in total. The molecule has 1 aromatic heterocycles. The van der Waals surface area contributed by atoms with E-state index in [4.69, 9.17) is 5.73 Å². The van der Waals surface area contributed by atoms with E-state index in [0.29, 0.717) is 17.2 Å². The molecule has 1 atom stereocenters.